The van der Waals surface area contributed by atoms with E-state index in [1.54, 1.807) is 36.3 Å². The average molecular weight is 389 g/mol. The van der Waals surface area contributed by atoms with Crippen LogP contribution in [-0.2, 0) is 4.79 Å². The van der Waals surface area contributed by atoms with E-state index < -0.39 is 0 Å². The molecule has 2 heterocycles. The van der Waals surface area contributed by atoms with Crippen LogP contribution in [-0.4, -0.2) is 92.5 Å². The molecule has 0 aromatic heterocycles. The van der Waals surface area contributed by atoms with Gasteiger partial charge in [-0.1, -0.05) is 6.42 Å². The maximum Gasteiger partial charge on any atom is 0.254 e. The number of likely N-dealkylation sites (tertiary alicyclic amines) is 1. The average Bonchev–Trinajstić information content (AvgIpc) is 2.77. The second-order valence-electron chi connectivity index (χ2n) is 7.49. The van der Waals surface area contributed by atoms with E-state index in [0.717, 1.165) is 32.7 Å². The summed E-state index contributed by atoms with van der Waals surface area (Å²) in [6.45, 7) is 6.72. The molecule has 0 radical (unpaired) electrons. The van der Waals surface area contributed by atoms with Crippen molar-refractivity contribution < 1.29 is 14.3 Å². The van der Waals surface area contributed by atoms with E-state index in [1.165, 1.54) is 19.3 Å². The van der Waals surface area contributed by atoms with Gasteiger partial charge in [0.2, 0.25) is 5.91 Å². The first kappa shape index (κ1) is 20.6. The van der Waals surface area contributed by atoms with Crippen molar-refractivity contribution in [2.45, 2.75) is 19.3 Å². The highest BCUT2D eigenvalue weighted by atomic mass is 16.5. The van der Waals surface area contributed by atoms with Gasteiger partial charge in [-0.05, 0) is 50.2 Å². The lowest BCUT2D eigenvalue weighted by molar-refractivity contribution is -0.132. The van der Waals surface area contributed by atoms with Crippen LogP contribution in [0.2, 0.25) is 0 Å². The zero-order valence-corrected chi connectivity index (χ0v) is 16.9. The lowest BCUT2D eigenvalue weighted by Crippen LogP contribution is -2.51. The largest absolute Gasteiger partial charge is 0.497 e. The Hall–Kier alpha value is -2.12. The summed E-state index contributed by atoms with van der Waals surface area (Å²) in [5.74, 6) is 0.651. The summed E-state index contributed by atoms with van der Waals surface area (Å²) in [6, 6.07) is 7.11. The first-order valence-electron chi connectivity index (χ1n) is 10.3. The van der Waals surface area contributed by atoms with Crippen molar-refractivity contribution in [2.75, 3.05) is 66.0 Å². The van der Waals surface area contributed by atoms with Gasteiger partial charge in [0.1, 0.15) is 12.3 Å². The highest BCUT2D eigenvalue weighted by molar-refractivity contribution is 5.96. The second kappa shape index (κ2) is 10.4. The third-order valence-electron chi connectivity index (χ3n) is 5.55. The highest BCUT2D eigenvalue weighted by Gasteiger charge is 2.24. The van der Waals surface area contributed by atoms with Gasteiger partial charge < -0.3 is 24.8 Å². The fourth-order valence-electron chi connectivity index (χ4n) is 3.79. The van der Waals surface area contributed by atoms with Gasteiger partial charge in [0.25, 0.3) is 5.91 Å². The van der Waals surface area contributed by atoms with E-state index in [-0.39, 0.29) is 18.4 Å². The molecule has 1 aromatic rings. The second-order valence-corrected chi connectivity index (χ2v) is 7.49. The van der Waals surface area contributed by atoms with Crippen LogP contribution in [0, 0.1) is 0 Å². The molecule has 2 aliphatic heterocycles. The number of nitrogens with zero attached hydrogens (tertiary/aromatic N) is 3. The quantitative estimate of drug-likeness (QED) is 0.757. The van der Waals surface area contributed by atoms with E-state index in [4.69, 9.17) is 4.74 Å². The van der Waals surface area contributed by atoms with Crippen molar-refractivity contribution in [2.24, 2.45) is 0 Å². The monoisotopic (exact) mass is 388 g/mol. The minimum atomic E-state index is -0.0943. The van der Waals surface area contributed by atoms with E-state index in [1.807, 2.05) is 4.90 Å². The van der Waals surface area contributed by atoms with E-state index in [2.05, 4.69) is 10.2 Å². The Bertz CT molecular complexity index is 638. The number of nitrogens with one attached hydrogen (secondary N) is 1. The van der Waals surface area contributed by atoms with Gasteiger partial charge in [0.05, 0.1) is 7.11 Å². The molecule has 2 amide bonds. The predicted molar refractivity (Wildman–Crippen MR) is 109 cm³/mol. The molecular formula is C21H32N4O3. The van der Waals surface area contributed by atoms with Gasteiger partial charge in [0, 0.05) is 44.8 Å². The molecule has 3 rings (SSSR count). The molecular weight excluding hydrogens is 356 g/mol. The molecule has 1 N–H and O–H groups in total. The summed E-state index contributed by atoms with van der Waals surface area (Å²) in [6.07, 6.45) is 3.71. The molecule has 2 fully saturated rings. The van der Waals surface area contributed by atoms with Crippen LogP contribution >= 0.6 is 0 Å². The fraction of sp³-hybridized carbons (Fsp3) is 0.619. The zero-order valence-electron chi connectivity index (χ0n) is 16.9. The maximum atomic E-state index is 13.1. The van der Waals surface area contributed by atoms with Crippen molar-refractivity contribution in [3.8, 4) is 5.75 Å². The third-order valence-corrected chi connectivity index (χ3v) is 5.55. The number of amides is 2. The first-order valence-corrected chi connectivity index (χ1v) is 10.3. The Kier molecular flexibility index (Phi) is 7.68. The van der Waals surface area contributed by atoms with Crippen molar-refractivity contribution in [1.82, 2.24) is 20.0 Å². The van der Waals surface area contributed by atoms with Crippen LogP contribution in [0.5, 0.6) is 5.75 Å². The number of hydrogen-bond acceptors (Lipinski definition) is 5. The number of carbonyl (C=O) groups is 2. The van der Waals surface area contributed by atoms with E-state index in [0.29, 0.717) is 30.9 Å². The molecule has 0 aliphatic carbocycles. The summed E-state index contributed by atoms with van der Waals surface area (Å²) < 4.78 is 5.18. The number of rotatable bonds is 7. The summed E-state index contributed by atoms with van der Waals surface area (Å²) >= 11 is 0. The summed E-state index contributed by atoms with van der Waals surface area (Å²) in [4.78, 5) is 31.8. The van der Waals surface area contributed by atoms with Gasteiger partial charge in [-0.3, -0.25) is 9.59 Å². The van der Waals surface area contributed by atoms with Crippen LogP contribution in [0.1, 0.15) is 29.6 Å². The van der Waals surface area contributed by atoms with Crippen LogP contribution in [0.25, 0.3) is 0 Å². The van der Waals surface area contributed by atoms with Crippen LogP contribution in [0.3, 0.4) is 0 Å². The molecule has 7 heteroatoms. The summed E-state index contributed by atoms with van der Waals surface area (Å²) in [7, 11) is 1.61. The van der Waals surface area contributed by atoms with Crippen molar-refractivity contribution in [1.29, 1.82) is 0 Å². The van der Waals surface area contributed by atoms with Gasteiger partial charge in [-0.15, -0.1) is 0 Å². The zero-order chi connectivity index (χ0) is 19.8. The number of carbonyl (C=O) groups excluding carboxylic acids is 2. The molecule has 1 aromatic carbocycles. The first-order chi connectivity index (χ1) is 13.7. The number of piperazine rings is 1. The van der Waals surface area contributed by atoms with Crippen molar-refractivity contribution in [3.05, 3.63) is 29.8 Å². The van der Waals surface area contributed by atoms with Gasteiger partial charge in [-0.25, -0.2) is 0 Å². The molecule has 2 aliphatic rings. The fourth-order valence-corrected chi connectivity index (χ4v) is 3.79. The number of piperidine rings is 1. The molecule has 2 saturated heterocycles. The molecule has 7 nitrogen and oxygen atoms in total. The maximum absolute atomic E-state index is 13.1. The molecule has 154 valence electrons. The van der Waals surface area contributed by atoms with Crippen molar-refractivity contribution >= 4 is 11.8 Å². The lowest BCUT2D eigenvalue weighted by Gasteiger charge is -2.32. The van der Waals surface area contributed by atoms with Gasteiger partial charge in [0.15, 0.2) is 0 Å². The number of ether oxygens (including phenoxy) is 1. The minimum absolute atomic E-state index is 0.0296. The molecule has 0 unspecified atom stereocenters. The molecule has 0 saturated carbocycles. The van der Waals surface area contributed by atoms with E-state index in [9.17, 15) is 9.59 Å². The number of benzene rings is 1. The number of hydrogen-bond donors (Lipinski definition) is 1. The standard InChI is InChI=1S/C21H32N4O3/c1-28-19-7-5-18(6-8-19)21(27)25(16-15-23-11-3-2-4-12-23)17-20(26)24-13-9-22-10-14-24/h5-8,22H,2-4,9-17H2,1H3. The molecule has 0 spiro atoms. The molecule has 28 heavy (non-hydrogen) atoms. The van der Waals surface area contributed by atoms with Crippen LogP contribution < -0.4 is 10.1 Å². The summed E-state index contributed by atoms with van der Waals surface area (Å²) in [5, 5.41) is 3.26. The van der Waals surface area contributed by atoms with Crippen LogP contribution in [0.15, 0.2) is 24.3 Å². The Morgan fingerprint density at radius 2 is 1.71 bits per heavy atom. The van der Waals surface area contributed by atoms with Crippen LogP contribution in [0.4, 0.5) is 0 Å². The predicted octanol–water partition coefficient (Wildman–Crippen LogP) is 1.06. The highest BCUT2D eigenvalue weighted by Crippen LogP contribution is 2.14. The van der Waals surface area contributed by atoms with Gasteiger partial charge in [-0.2, -0.15) is 0 Å². The Labute approximate surface area is 167 Å². The lowest BCUT2D eigenvalue weighted by atomic mass is 10.1. The topological polar surface area (TPSA) is 65.1 Å². The van der Waals surface area contributed by atoms with Crippen molar-refractivity contribution in [3.63, 3.8) is 0 Å². The Morgan fingerprint density at radius 3 is 2.36 bits per heavy atom. The SMILES string of the molecule is COc1ccc(C(=O)N(CCN2CCCCC2)CC(=O)N2CCNCC2)cc1. The Morgan fingerprint density at radius 1 is 1.04 bits per heavy atom. The Balaban J connectivity index is 1.66. The third kappa shape index (κ3) is 5.69. The van der Waals surface area contributed by atoms with E-state index >= 15 is 0 Å². The minimum Gasteiger partial charge on any atom is -0.497 e. The summed E-state index contributed by atoms with van der Waals surface area (Å²) in [5.41, 5.74) is 0.590. The molecule has 0 bridgehead atoms. The smallest absolute Gasteiger partial charge is 0.254 e. The normalized spacial score (nSPS) is 18.0. The molecule has 0 atom stereocenters. The number of methoxy groups -OCH3 is 1. The van der Waals surface area contributed by atoms with Gasteiger partial charge >= 0.3 is 0 Å².